The number of pyridine rings is 1. The predicted octanol–water partition coefficient (Wildman–Crippen LogP) is 0.115. The fraction of sp³-hybridized carbons (Fsp3) is 0.286. The lowest BCUT2D eigenvalue weighted by Crippen LogP contribution is -2.27. The fourth-order valence-corrected chi connectivity index (χ4v) is 1.96. The first-order valence-corrected chi connectivity index (χ1v) is 6.06. The highest BCUT2D eigenvalue weighted by Gasteiger charge is 2.13. The van der Waals surface area contributed by atoms with E-state index in [0.717, 1.165) is 0 Å². The first-order valence-electron chi connectivity index (χ1n) is 3.78. The number of rotatable bonds is 4. The molecule has 2 N–H and O–H groups in total. The van der Waals surface area contributed by atoms with Crippen LogP contribution in [-0.2, 0) is 10.0 Å². The maximum absolute atomic E-state index is 11.4. The van der Waals surface area contributed by atoms with Gasteiger partial charge in [-0.2, -0.15) is 0 Å². The minimum absolute atomic E-state index is 0.0138. The molecule has 1 heterocycles. The van der Waals surface area contributed by atoms with E-state index in [-0.39, 0.29) is 18.2 Å². The van der Waals surface area contributed by atoms with E-state index in [2.05, 4.69) is 25.6 Å². The van der Waals surface area contributed by atoms with Gasteiger partial charge in [0, 0.05) is 17.2 Å². The van der Waals surface area contributed by atoms with Gasteiger partial charge < -0.3 is 5.11 Å². The van der Waals surface area contributed by atoms with Gasteiger partial charge in [0.25, 0.3) is 10.0 Å². The zero-order valence-electron chi connectivity index (χ0n) is 7.14. The van der Waals surface area contributed by atoms with Gasteiger partial charge in [-0.15, -0.1) is 0 Å². The van der Waals surface area contributed by atoms with Crippen molar-refractivity contribution in [1.29, 1.82) is 0 Å². The number of aliphatic hydroxyl groups excluding tert-OH is 1. The molecule has 0 aromatic carbocycles. The maximum atomic E-state index is 11.4. The Balaban J connectivity index is 2.87. The highest BCUT2D eigenvalue weighted by atomic mass is 79.9. The molecule has 7 heteroatoms. The second-order valence-electron chi connectivity index (χ2n) is 2.44. The summed E-state index contributed by atoms with van der Waals surface area (Å²) in [5, 5.41) is 8.40. The van der Waals surface area contributed by atoms with E-state index in [0.29, 0.717) is 4.47 Å². The minimum atomic E-state index is -3.58. The highest BCUT2D eigenvalue weighted by molar-refractivity contribution is 9.10. The molecule has 0 atom stereocenters. The van der Waals surface area contributed by atoms with E-state index in [1.54, 1.807) is 6.07 Å². The maximum Gasteiger partial charge on any atom is 0.258 e. The van der Waals surface area contributed by atoms with Crippen LogP contribution in [0.4, 0.5) is 0 Å². The Labute approximate surface area is 90.4 Å². The Hall–Kier alpha value is -0.500. The Morgan fingerprint density at radius 1 is 1.50 bits per heavy atom. The highest BCUT2D eigenvalue weighted by Crippen LogP contribution is 2.10. The quantitative estimate of drug-likeness (QED) is 0.821. The second-order valence-corrected chi connectivity index (χ2v) is 5.07. The van der Waals surface area contributed by atoms with Crippen molar-refractivity contribution in [3.8, 4) is 0 Å². The van der Waals surface area contributed by atoms with Crippen LogP contribution in [0.25, 0.3) is 0 Å². The van der Waals surface area contributed by atoms with Crippen molar-refractivity contribution in [3.63, 3.8) is 0 Å². The molecular weight excluding hydrogens is 272 g/mol. The molecule has 1 rings (SSSR count). The summed E-state index contributed by atoms with van der Waals surface area (Å²) in [7, 11) is -3.58. The molecule has 0 spiro atoms. The van der Waals surface area contributed by atoms with Gasteiger partial charge >= 0.3 is 0 Å². The summed E-state index contributed by atoms with van der Waals surface area (Å²) in [5.74, 6) is 0. The summed E-state index contributed by atoms with van der Waals surface area (Å²) >= 11 is 3.15. The Morgan fingerprint density at radius 3 is 2.71 bits per heavy atom. The fourth-order valence-electron chi connectivity index (χ4n) is 0.775. The number of hydrogen-bond acceptors (Lipinski definition) is 4. The van der Waals surface area contributed by atoms with Crippen molar-refractivity contribution >= 4 is 26.0 Å². The van der Waals surface area contributed by atoms with Crippen LogP contribution in [0.1, 0.15) is 0 Å². The number of aliphatic hydroxyl groups is 1. The van der Waals surface area contributed by atoms with Gasteiger partial charge in [0.1, 0.15) is 0 Å². The monoisotopic (exact) mass is 280 g/mol. The van der Waals surface area contributed by atoms with Gasteiger partial charge in [0.2, 0.25) is 0 Å². The number of halogens is 1. The first-order chi connectivity index (χ1) is 6.56. The summed E-state index contributed by atoms with van der Waals surface area (Å²) in [6.45, 7) is -0.254. The lowest BCUT2D eigenvalue weighted by Gasteiger charge is -2.03. The van der Waals surface area contributed by atoms with Crippen LogP contribution in [0.5, 0.6) is 0 Å². The minimum Gasteiger partial charge on any atom is -0.395 e. The number of sulfonamides is 1. The molecule has 0 aliphatic carbocycles. The third-order valence-electron chi connectivity index (χ3n) is 1.38. The van der Waals surface area contributed by atoms with E-state index in [1.165, 1.54) is 12.3 Å². The topological polar surface area (TPSA) is 79.3 Å². The van der Waals surface area contributed by atoms with E-state index in [9.17, 15) is 8.42 Å². The lowest BCUT2D eigenvalue weighted by atomic mass is 10.5. The molecule has 0 saturated carbocycles. The van der Waals surface area contributed by atoms with Gasteiger partial charge in [-0.25, -0.2) is 18.1 Å². The van der Waals surface area contributed by atoms with E-state index >= 15 is 0 Å². The van der Waals surface area contributed by atoms with Gasteiger partial charge in [-0.1, -0.05) is 0 Å². The molecule has 0 amide bonds. The van der Waals surface area contributed by atoms with Crippen molar-refractivity contribution in [1.82, 2.24) is 9.71 Å². The zero-order chi connectivity index (χ0) is 10.6. The SMILES string of the molecule is O=S(=O)(NCCO)c1ccc(Br)cn1. The molecule has 1 aromatic rings. The van der Waals surface area contributed by atoms with Crippen molar-refractivity contribution in [2.45, 2.75) is 5.03 Å². The van der Waals surface area contributed by atoms with Crippen LogP contribution in [0, 0.1) is 0 Å². The van der Waals surface area contributed by atoms with Crippen molar-refractivity contribution in [2.24, 2.45) is 0 Å². The third-order valence-corrected chi connectivity index (χ3v) is 3.22. The van der Waals surface area contributed by atoms with Gasteiger partial charge in [0.05, 0.1) is 6.61 Å². The summed E-state index contributed by atoms with van der Waals surface area (Å²) < 4.78 is 25.7. The van der Waals surface area contributed by atoms with E-state index in [1.807, 2.05) is 0 Å². The van der Waals surface area contributed by atoms with E-state index < -0.39 is 10.0 Å². The van der Waals surface area contributed by atoms with Gasteiger partial charge in [-0.3, -0.25) is 0 Å². The van der Waals surface area contributed by atoms with Crippen molar-refractivity contribution in [2.75, 3.05) is 13.2 Å². The molecule has 0 radical (unpaired) electrons. The van der Waals surface area contributed by atoms with E-state index in [4.69, 9.17) is 5.11 Å². The normalized spacial score (nSPS) is 11.6. The molecule has 5 nitrogen and oxygen atoms in total. The van der Waals surface area contributed by atoms with Crippen LogP contribution in [0.3, 0.4) is 0 Å². The van der Waals surface area contributed by atoms with Crippen LogP contribution in [0.15, 0.2) is 27.8 Å². The molecule has 0 unspecified atom stereocenters. The average Bonchev–Trinajstić information content (AvgIpc) is 2.16. The van der Waals surface area contributed by atoms with Gasteiger partial charge in [0.15, 0.2) is 5.03 Å². The summed E-state index contributed by atoms with van der Waals surface area (Å²) in [6.07, 6.45) is 1.40. The molecule has 0 fully saturated rings. The zero-order valence-corrected chi connectivity index (χ0v) is 9.55. The average molecular weight is 281 g/mol. The van der Waals surface area contributed by atoms with Crippen LogP contribution in [-0.4, -0.2) is 31.7 Å². The number of nitrogens with one attached hydrogen (secondary N) is 1. The molecule has 78 valence electrons. The summed E-state index contributed by atoms with van der Waals surface area (Å²) in [4.78, 5) is 3.72. The molecule has 0 aliphatic rings. The Morgan fingerprint density at radius 2 is 2.21 bits per heavy atom. The van der Waals surface area contributed by atoms with Gasteiger partial charge in [-0.05, 0) is 28.1 Å². The molecule has 0 bridgehead atoms. The molecule has 0 aliphatic heterocycles. The number of nitrogens with zero attached hydrogens (tertiary/aromatic N) is 1. The summed E-state index contributed by atoms with van der Waals surface area (Å²) in [5.41, 5.74) is 0. The molecule has 1 aromatic heterocycles. The third kappa shape index (κ3) is 3.02. The first kappa shape index (κ1) is 11.6. The molecular formula is C7H9BrN2O3S. The number of aromatic nitrogens is 1. The predicted molar refractivity (Wildman–Crippen MR) is 54.2 cm³/mol. The molecule has 14 heavy (non-hydrogen) atoms. The van der Waals surface area contributed by atoms with Crippen molar-refractivity contribution in [3.05, 3.63) is 22.8 Å². The van der Waals surface area contributed by atoms with Crippen LogP contribution in [0.2, 0.25) is 0 Å². The second kappa shape index (κ2) is 4.83. The standard InChI is InChI=1S/C7H9BrN2O3S/c8-6-1-2-7(9-5-6)14(12,13)10-3-4-11/h1-2,5,10-11H,3-4H2. The largest absolute Gasteiger partial charge is 0.395 e. The lowest BCUT2D eigenvalue weighted by molar-refractivity contribution is 0.301. The summed E-state index contributed by atoms with van der Waals surface area (Å²) in [6, 6.07) is 2.96. The Kier molecular flexibility index (Phi) is 3.99. The van der Waals surface area contributed by atoms with Crippen LogP contribution < -0.4 is 4.72 Å². The van der Waals surface area contributed by atoms with Crippen molar-refractivity contribution < 1.29 is 13.5 Å². The Bertz CT molecular complexity index is 390. The van der Waals surface area contributed by atoms with Crippen LogP contribution >= 0.6 is 15.9 Å². The number of hydrogen-bond donors (Lipinski definition) is 2. The smallest absolute Gasteiger partial charge is 0.258 e. The molecule has 0 saturated heterocycles.